The lowest BCUT2D eigenvalue weighted by atomic mass is 9.91. The third-order valence-corrected chi connectivity index (χ3v) is 7.40. The largest absolute Gasteiger partial charge is 0.448 e. The number of amides is 2. The Morgan fingerprint density at radius 2 is 1.90 bits per heavy atom. The Bertz CT molecular complexity index is 1440. The van der Waals surface area contributed by atoms with Crippen molar-refractivity contribution in [3.8, 4) is 11.4 Å². The molecule has 0 bridgehead atoms. The first kappa shape index (κ1) is 27.3. The van der Waals surface area contributed by atoms with Gasteiger partial charge in [-0.05, 0) is 68.8 Å². The zero-order valence-corrected chi connectivity index (χ0v) is 23.0. The molecule has 9 nitrogen and oxygen atoms in total. The summed E-state index contributed by atoms with van der Waals surface area (Å²) < 4.78 is 6.70. The predicted octanol–water partition coefficient (Wildman–Crippen LogP) is 6.23. The second-order valence-electron chi connectivity index (χ2n) is 10.2. The second-order valence-corrected chi connectivity index (χ2v) is 10.2. The number of hydrogen-bond acceptors (Lipinski definition) is 6. The lowest BCUT2D eigenvalue weighted by Crippen LogP contribution is -2.47. The van der Waals surface area contributed by atoms with Gasteiger partial charge in [0.2, 0.25) is 0 Å². The minimum absolute atomic E-state index is 0.153. The predicted molar refractivity (Wildman–Crippen MR) is 156 cm³/mol. The number of aromatic nitrogens is 3. The van der Waals surface area contributed by atoms with Gasteiger partial charge in [0.25, 0.3) is 0 Å². The molecule has 40 heavy (non-hydrogen) atoms. The topological polar surface area (TPSA) is 101 Å². The highest BCUT2D eigenvalue weighted by Gasteiger charge is 2.30. The first-order valence-corrected chi connectivity index (χ1v) is 14.0. The van der Waals surface area contributed by atoms with Crippen molar-refractivity contribution in [2.45, 2.75) is 51.1 Å². The van der Waals surface area contributed by atoms with Crippen molar-refractivity contribution < 1.29 is 14.3 Å². The van der Waals surface area contributed by atoms with Crippen molar-refractivity contribution in [2.24, 2.45) is 0 Å². The minimum Gasteiger partial charge on any atom is -0.448 e. The molecule has 0 saturated carbocycles. The lowest BCUT2D eigenvalue weighted by Gasteiger charge is -2.38. The molecule has 2 aromatic carbocycles. The van der Waals surface area contributed by atoms with Crippen LogP contribution in [0.15, 0.2) is 72.9 Å². The molecule has 4 aromatic rings. The maximum atomic E-state index is 13.3. The van der Waals surface area contributed by atoms with Gasteiger partial charge in [-0.1, -0.05) is 56.2 Å². The van der Waals surface area contributed by atoms with E-state index in [9.17, 15) is 9.59 Å². The lowest BCUT2D eigenvalue weighted by molar-refractivity contribution is 0.144. The number of rotatable bonds is 8. The normalized spacial score (nSPS) is 16.4. The molecule has 2 aromatic heterocycles. The van der Waals surface area contributed by atoms with Crippen LogP contribution in [0.2, 0.25) is 0 Å². The quantitative estimate of drug-likeness (QED) is 0.257. The molecule has 0 aliphatic carbocycles. The van der Waals surface area contributed by atoms with Crippen molar-refractivity contribution >= 4 is 28.7 Å². The average molecular weight is 541 g/mol. The molecule has 1 saturated heterocycles. The summed E-state index contributed by atoms with van der Waals surface area (Å²) in [6.45, 7) is 3.37. The van der Waals surface area contributed by atoms with E-state index in [1.807, 2.05) is 49.4 Å². The summed E-state index contributed by atoms with van der Waals surface area (Å²) in [5, 5.41) is 11.5. The molecule has 2 unspecified atom stereocenters. The number of pyridine rings is 1. The second kappa shape index (κ2) is 12.7. The van der Waals surface area contributed by atoms with E-state index < -0.39 is 6.09 Å². The Morgan fingerprint density at radius 1 is 1.07 bits per heavy atom. The summed E-state index contributed by atoms with van der Waals surface area (Å²) in [6.07, 6.45) is 6.16. The van der Waals surface area contributed by atoms with Crippen LogP contribution in [-0.2, 0) is 4.74 Å². The Kier molecular flexibility index (Phi) is 8.71. The number of nitrogens with zero attached hydrogens (tertiary/aromatic N) is 4. The summed E-state index contributed by atoms with van der Waals surface area (Å²) in [5.74, 6) is 0. The summed E-state index contributed by atoms with van der Waals surface area (Å²) in [4.78, 5) is 33.0. The monoisotopic (exact) mass is 540 g/mol. The van der Waals surface area contributed by atoms with E-state index in [-0.39, 0.29) is 18.1 Å². The van der Waals surface area contributed by atoms with Crippen LogP contribution in [0.4, 0.5) is 15.3 Å². The molecule has 1 fully saturated rings. The van der Waals surface area contributed by atoms with Crippen LogP contribution >= 0.6 is 0 Å². The molecule has 1 aliphatic heterocycles. The molecular weight excluding hydrogens is 504 g/mol. The van der Waals surface area contributed by atoms with Crippen molar-refractivity contribution in [2.75, 3.05) is 25.5 Å². The van der Waals surface area contributed by atoms with E-state index in [1.54, 1.807) is 18.3 Å². The molecule has 0 radical (unpaired) electrons. The van der Waals surface area contributed by atoms with E-state index in [1.165, 1.54) is 11.1 Å². The van der Waals surface area contributed by atoms with Gasteiger partial charge in [0.1, 0.15) is 5.69 Å². The van der Waals surface area contributed by atoms with Crippen LogP contribution in [0.1, 0.15) is 50.6 Å². The van der Waals surface area contributed by atoms with E-state index in [4.69, 9.17) is 4.74 Å². The van der Waals surface area contributed by atoms with Crippen LogP contribution in [-0.4, -0.2) is 58.0 Å². The Balaban J connectivity index is 1.42. The number of nitrogens with one attached hydrogen (secondary N) is 2. The van der Waals surface area contributed by atoms with Crippen LogP contribution in [0, 0.1) is 0 Å². The Hall–Kier alpha value is -4.24. The van der Waals surface area contributed by atoms with Gasteiger partial charge < -0.3 is 20.3 Å². The van der Waals surface area contributed by atoms with Gasteiger partial charge in [-0.25, -0.2) is 9.59 Å². The highest BCUT2D eigenvalue weighted by molar-refractivity contribution is 6.00. The highest BCUT2D eigenvalue weighted by Crippen LogP contribution is 2.31. The van der Waals surface area contributed by atoms with Crippen LogP contribution in [0.5, 0.6) is 0 Å². The maximum Gasteiger partial charge on any atom is 0.435 e. The number of hydrogen-bond donors (Lipinski definition) is 2. The fraction of sp³-hybridized carbons (Fsp3) is 0.355. The van der Waals surface area contributed by atoms with Crippen LogP contribution in [0.25, 0.3) is 22.3 Å². The van der Waals surface area contributed by atoms with Crippen LogP contribution in [0.3, 0.4) is 0 Å². The highest BCUT2D eigenvalue weighted by atomic mass is 16.6. The molecule has 2 N–H and O–H groups in total. The molecule has 3 heterocycles. The van der Waals surface area contributed by atoms with Gasteiger partial charge in [0, 0.05) is 23.3 Å². The van der Waals surface area contributed by atoms with Crippen molar-refractivity contribution in [3.05, 3.63) is 78.5 Å². The molecule has 1 aliphatic rings. The zero-order chi connectivity index (χ0) is 27.9. The number of anilines is 1. The third-order valence-electron chi connectivity index (χ3n) is 7.40. The van der Waals surface area contributed by atoms with E-state index in [0.29, 0.717) is 34.6 Å². The first-order chi connectivity index (χ1) is 19.5. The van der Waals surface area contributed by atoms with Crippen LogP contribution < -0.4 is 10.6 Å². The number of fused-ring (bicyclic) bond motifs is 1. The van der Waals surface area contributed by atoms with Gasteiger partial charge in [-0.2, -0.15) is 9.78 Å². The SMILES string of the molecule is CCCCOC(=O)n1nc(-c2ccccn2)c2cc(NC(=O)NC(c3ccccc3)C3CCCCN3C)ccc21. The van der Waals surface area contributed by atoms with E-state index in [0.717, 1.165) is 37.8 Å². The van der Waals surface area contributed by atoms with E-state index in [2.05, 4.69) is 44.8 Å². The molecule has 2 atom stereocenters. The fourth-order valence-corrected chi connectivity index (χ4v) is 5.28. The number of likely N-dealkylation sites (tertiary alicyclic amines) is 1. The van der Waals surface area contributed by atoms with Gasteiger partial charge in [0.05, 0.1) is 23.9 Å². The van der Waals surface area contributed by atoms with E-state index >= 15 is 0 Å². The number of urea groups is 1. The minimum atomic E-state index is -0.540. The van der Waals surface area contributed by atoms with Gasteiger partial charge in [0.15, 0.2) is 0 Å². The summed E-state index contributed by atoms with van der Waals surface area (Å²) >= 11 is 0. The smallest absolute Gasteiger partial charge is 0.435 e. The number of benzene rings is 2. The summed E-state index contributed by atoms with van der Waals surface area (Å²) in [7, 11) is 2.12. The number of piperidine rings is 1. The van der Waals surface area contributed by atoms with Gasteiger partial charge in [-0.15, -0.1) is 0 Å². The van der Waals surface area contributed by atoms with Crippen molar-refractivity contribution in [3.63, 3.8) is 0 Å². The molecule has 208 valence electrons. The Morgan fingerprint density at radius 3 is 2.65 bits per heavy atom. The average Bonchev–Trinajstić information content (AvgIpc) is 3.36. The molecule has 2 amide bonds. The zero-order valence-electron chi connectivity index (χ0n) is 23.0. The fourth-order valence-electron chi connectivity index (χ4n) is 5.28. The molecule has 9 heteroatoms. The van der Waals surface area contributed by atoms with Crippen molar-refractivity contribution in [1.82, 2.24) is 25.0 Å². The molecular formula is C31H36N6O3. The maximum absolute atomic E-state index is 13.3. The summed E-state index contributed by atoms with van der Waals surface area (Å²) in [6, 6.07) is 20.8. The molecule has 0 spiro atoms. The van der Waals surface area contributed by atoms with Crippen molar-refractivity contribution in [1.29, 1.82) is 0 Å². The number of carbonyl (C=O) groups is 2. The standard InChI is InChI=1S/C31H36N6O3/c1-3-4-20-40-31(39)37-26-17-16-23(21-24(26)29(35-37)25-14-8-10-18-32-25)33-30(38)34-28(22-12-6-5-7-13-22)27-15-9-11-19-36(27)2/h5-8,10,12-14,16-18,21,27-28H,3-4,9,11,15,19-20H2,1-2H3,(H2,33,34,38). The number of unbranched alkanes of at least 4 members (excludes halogenated alkanes) is 1. The molecule has 5 rings (SSSR count). The number of ether oxygens (including phenoxy) is 1. The Labute approximate surface area is 234 Å². The number of likely N-dealkylation sites (N-methyl/N-ethyl adjacent to an activating group) is 1. The first-order valence-electron chi connectivity index (χ1n) is 14.0. The summed E-state index contributed by atoms with van der Waals surface area (Å²) in [5.41, 5.74) is 3.41. The third kappa shape index (κ3) is 6.15. The number of carbonyl (C=O) groups excluding carboxylic acids is 2. The van der Waals surface area contributed by atoms with Gasteiger partial charge in [-0.3, -0.25) is 4.98 Å². The van der Waals surface area contributed by atoms with Gasteiger partial charge >= 0.3 is 12.1 Å².